The van der Waals surface area contributed by atoms with Crippen molar-refractivity contribution in [2.45, 2.75) is 11.8 Å². The van der Waals surface area contributed by atoms with Crippen LogP contribution in [0.5, 0.6) is 0 Å². The quantitative estimate of drug-likeness (QED) is 0.747. The van der Waals surface area contributed by atoms with Crippen LogP contribution >= 0.6 is 11.8 Å². The van der Waals surface area contributed by atoms with Crippen molar-refractivity contribution in [3.8, 4) is 0 Å². The molecule has 0 radical (unpaired) electrons. The normalized spacial score (nSPS) is 11.0. The van der Waals surface area contributed by atoms with Crippen LogP contribution < -0.4 is 5.73 Å². The summed E-state index contributed by atoms with van der Waals surface area (Å²) in [6.07, 6.45) is 6.14. The van der Waals surface area contributed by atoms with Crippen LogP contribution in [0.25, 0.3) is 6.08 Å². The van der Waals surface area contributed by atoms with Gasteiger partial charge in [-0.2, -0.15) is 0 Å². The van der Waals surface area contributed by atoms with E-state index in [0.29, 0.717) is 6.54 Å². The van der Waals surface area contributed by atoms with Gasteiger partial charge in [-0.1, -0.05) is 18.2 Å². The molecule has 0 amide bonds. The minimum atomic E-state index is 0.600. The fourth-order valence-electron chi connectivity index (χ4n) is 1.12. The van der Waals surface area contributed by atoms with Gasteiger partial charge in [0.2, 0.25) is 0 Å². The van der Waals surface area contributed by atoms with Crippen LogP contribution in [-0.2, 0) is 0 Å². The van der Waals surface area contributed by atoms with E-state index < -0.39 is 0 Å². The van der Waals surface area contributed by atoms with Gasteiger partial charge in [-0.25, -0.2) is 0 Å². The van der Waals surface area contributed by atoms with E-state index in [1.54, 1.807) is 11.8 Å². The maximum Gasteiger partial charge on any atom is 0.0110 e. The van der Waals surface area contributed by atoms with Gasteiger partial charge in [0, 0.05) is 11.4 Å². The van der Waals surface area contributed by atoms with E-state index in [2.05, 4.69) is 37.5 Å². The van der Waals surface area contributed by atoms with Gasteiger partial charge in [0.25, 0.3) is 0 Å². The van der Waals surface area contributed by atoms with Crippen LogP contribution in [0, 0.1) is 6.92 Å². The molecule has 2 heteroatoms. The van der Waals surface area contributed by atoms with Gasteiger partial charge in [-0.15, -0.1) is 11.8 Å². The number of benzene rings is 1. The molecule has 0 atom stereocenters. The maximum atomic E-state index is 5.40. The lowest BCUT2D eigenvalue weighted by Crippen LogP contribution is -1.92. The molecule has 0 bridgehead atoms. The Morgan fingerprint density at radius 3 is 2.85 bits per heavy atom. The SMILES string of the molecule is CSc1ccc(C)c(/C=C/CN)c1. The third-order valence-electron chi connectivity index (χ3n) is 1.92. The Kier molecular flexibility index (Phi) is 4.06. The van der Waals surface area contributed by atoms with Gasteiger partial charge < -0.3 is 5.73 Å². The first-order valence-corrected chi connectivity index (χ1v) is 5.51. The van der Waals surface area contributed by atoms with Gasteiger partial charge >= 0.3 is 0 Å². The molecule has 1 aromatic rings. The van der Waals surface area contributed by atoms with Crippen molar-refractivity contribution < 1.29 is 0 Å². The van der Waals surface area contributed by atoms with E-state index in [1.807, 2.05) is 6.08 Å². The third kappa shape index (κ3) is 2.90. The number of hydrogen-bond acceptors (Lipinski definition) is 2. The molecule has 0 aliphatic rings. The zero-order valence-corrected chi connectivity index (χ0v) is 8.90. The number of thioether (sulfide) groups is 1. The van der Waals surface area contributed by atoms with Gasteiger partial charge in [0.05, 0.1) is 0 Å². The standard InChI is InChI=1S/C11H15NS/c1-9-5-6-11(13-2)8-10(9)4-3-7-12/h3-6,8H,7,12H2,1-2H3/b4-3+. The molecule has 0 aliphatic heterocycles. The largest absolute Gasteiger partial charge is 0.327 e. The van der Waals surface area contributed by atoms with Crippen LogP contribution in [-0.4, -0.2) is 12.8 Å². The summed E-state index contributed by atoms with van der Waals surface area (Å²) in [4.78, 5) is 1.29. The Morgan fingerprint density at radius 1 is 1.46 bits per heavy atom. The summed E-state index contributed by atoms with van der Waals surface area (Å²) in [5, 5.41) is 0. The van der Waals surface area contributed by atoms with Gasteiger partial charge in [0.15, 0.2) is 0 Å². The Balaban J connectivity index is 2.97. The minimum Gasteiger partial charge on any atom is -0.327 e. The molecular formula is C11H15NS. The predicted octanol–water partition coefficient (Wildman–Crippen LogP) is 2.69. The second-order valence-corrected chi connectivity index (χ2v) is 3.74. The molecule has 0 saturated heterocycles. The highest BCUT2D eigenvalue weighted by atomic mass is 32.2. The highest BCUT2D eigenvalue weighted by molar-refractivity contribution is 7.98. The Bertz CT molecular complexity index is 305. The zero-order chi connectivity index (χ0) is 9.68. The summed E-state index contributed by atoms with van der Waals surface area (Å²) in [6.45, 7) is 2.71. The number of hydrogen-bond donors (Lipinski definition) is 1. The van der Waals surface area contributed by atoms with Crippen LogP contribution in [0.1, 0.15) is 11.1 Å². The fraction of sp³-hybridized carbons (Fsp3) is 0.273. The molecule has 1 nitrogen and oxygen atoms in total. The van der Waals surface area contributed by atoms with Crippen LogP contribution in [0.15, 0.2) is 29.2 Å². The van der Waals surface area contributed by atoms with E-state index in [1.165, 1.54) is 16.0 Å². The van der Waals surface area contributed by atoms with E-state index in [0.717, 1.165) is 0 Å². The van der Waals surface area contributed by atoms with Crippen molar-refractivity contribution in [3.05, 3.63) is 35.4 Å². The molecule has 1 aromatic carbocycles. The van der Waals surface area contributed by atoms with Gasteiger partial charge in [-0.05, 0) is 36.4 Å². The van der Waals surface area contributed by atoms with Crippen molar-refractivity contribution in [2.75, 3.05) is 12.8 Å². The molecule has 13 heavy (non-hydrogen) atoms. The lowest BCUT2D eigenvalue weighted by atomic mass is 10.1. The molecule has 0 aliphatic carbocycles. The third-order valence-corrected chi connectivity index (χ3v) is 2.65. The van der Waals surface area contributed by atoms with Crippen molar-refractivity contribution in [1.29, 1.82) is 0 Å². The molecule has 1 rings (SSSR count). The molecule has 2 N–H and O–H groups in total. The van der Waals surface area contributed by atoms with Crippen molar-refractivity contribution >= 4 is 17.8 Å². The highest BCUT2D eigenvalue weighted by Gasteiger charge is 1.95. The second-order valence-electron chi connectivity index (χ2n) is 2.86. The molecule has 0 fully saturated rings. The summed E-state index contributed by atoms with van der Waals surface area (Å²) in [7, 11) is 0. The van der Waals surface area contributed by atoms with E-state index >= 15 is 0 Å². The highest BCUT2D eigenvalue weighted by Crippen LogP contribution is 2.19. The maximum absolute atomic E-state index is 5.40. The first kappa shape index (κ1) is 10.4. The molecule has 0 heterocycles. The predicted molar refractivity (Wildman–Crippen MR) is 61.0 cm³/mol. The van der Waals surface area contributed by atoms with Crippen molar-refractivity contribution in [2.24, 2.45) is 5.73 Å². The van der Waals surface area contributed by atoms with E-state index in [4.69, 9.17) is 5.73 Å². The molecule has 0 unspecified atom stereocenters. The van der Waals surface area contributed by atoms with E-state index in [-0.39, 0.29) is 0 Å². The van der Waals surface area contributed by atoms with Crippen LogP contribution in [0.2, 0.25) is 0 Å². The molecule has 70 valence electrons. The van der Waals surface area contributed by atoms with Crippen LogP contribution in [0.4, 0.5) is 0 Å². The van der Waals surface area contributed by atoms with Crippen LogP contribution in [0.3, 0.4) is 0 Å². The number of aryl methyl sites for hydroxylation is 1. The lowest BCUT2D eigenvalue weighted by Gasteiger charge is -2.02. The monoisotopic (exact) mass is 193 g/mol. The number of nitrogens with two attached hydrogens (primary N) is 1. The summed E-state index contributed by atoms with van der Waals surface area (Å²) in [5.74, 6) is 0. The Labute approximate surface area is 84.0 Å². The molecular weight excluding hydrogens is 178 g/mol. The van der Waals surface area contributed by atoms with Gasteiger partial charge in [0.1, 0.15) is 0 Å². The second kappa shape index (κ2) is 5.10. The average molecular weight is 193 g/mol. The van der Waals surface area contributed by atoms with E-state index in [9.17, 15) is 0 Å². The van der Waals surface area contributed by atoms with Crippen molar-refractivity contribution in [1.82, 2.24) is 0 Å². The first-order valence-electron chi connectivity index (χ1n) is 4.29. The fourth-order valence-corrected chi connectivity index (χ4v) is 1.57. The smallest absolute Gasteiger partial charge is 0.0110 e. The number of rotatable bonds is 3. The Hall–Kier alpha value is -0.730. The van der Waals surface area contributed by atoms with Crippen molar-refractivity contribution in [3.63, 3.8) is 0 Å². The molecule has 0 saturated carbocycles. The minimum absolute atomic E-state index is 0.600. The molecule has 0 spiro atoms. The zero-order valence-electron chi connectivity index (χ0n) is 8.08. The average Bonchev–Trinajstić information content (AvgIpc) is 2.17. The first-order chi connectivity index (χ1) is 6.27. The lowest BCUT2D eigenvalue weighted by molar-refractivity contribution is 1.26. The summed E-state index contributed by atoms with van der Waals surface area (Å²) >= 11 is 1.76. The Morgan fingerprint density at radius 2 is 2.23 bits per heavy atom. The topological polar surface area (TPSA) is 26.0 Å². The van der Waals surface area contributed by atoms with Gasteiger partial charge in [-0.3, -0.25) is 0 Å². The summed E-state index contributed by atoms with van der Waals surface area (Å²) in [6, 6.07) is 6.47. The summed E-state index contributed by atoms with van der Waals surface area (Å²) in [5.41, 5.74) is 7.96. The molecule has 0 aromatic heterocycles. The summed E-state index contributed by atoms with van der Waals surface area (Å²) < 4.78 is 0.